The minimum Gasteiger partial charge on any atom is -0.466 e. The van der Waals surface area contributed by atoms with Crippen LogP contribution in [0.15, 0.2) is 46.4 Å². The lowest BCUT2D eigenvalue weighted by atomic mass is 9.98. The average molecular weight is 436 g/mol. The van der Waals surface area contributed by atoms with E-state index in [1.54, 1.807) is 17.8 Å². The van der Waals surface area contributed by atoms with Gasteiger partial charge in [-0.1, -0.05) is 23.2 Å². The molecule has 2 aromatic rings. The number of nitrogens with one attached hydrogen (secondary N) is 1. The van der Waals surface area contributed by atoms with Crippen molar-refractivity contribution >= 4 is 41.4 Å². The van der Waals surface area contributed by atoms with Crippen molar-refractivity contribution < 1.29 is 14.1 Å². The summed E-state index contributed by atoms with van der Waals surface area (Å²) in [5.74, 6) is 2.30. The Labute approximate surface area is 186 Å². The largest absolute Gasteiger partial charge is 0.466 e. The first-order valence-corrected chi connectivity index (χ1v) is 10.6. The van der Waals surface area contributed by atoms with Crippen molar-refractivity contribution in [2.45, 2.75) is 19.8 Å². The summed E-state index contributed by atoms with van der Waals surface area (Å²) in [6.07, 6.45) is 3.28. The number of nitrogens with two attached hydrogens (primary N) is 1. The second kappa shape index (κ2) is 9.54. The van der Waals surface area contributed by atoms with Crippen LogP contribution in [-0.4, -0.2) is 65.4 Å². The molecule has 1 aromatic heterocycles. The molecule has 3 heterocycles. The highest BCUT2D eigenvalue weighted by Gasteiger charge is 2.31. The average Bonchev–Trinajstić information content (AvgIpc) is 2.79. The number of aliphatic imine (C=N–C) groups is 2. The van der Waals surface area contributed by atoms with Crippen LogP contribution < -0.4 is 16.0 Å². The van der Waals surface area contributed by atoms with Gasteiger partial charge < -0.3 is 15.4 Å². The van der Waals surface area contributed by atoms with E-state index in [4.69, 9.17) is 10.5 Å². The highest BCUT2D eigenvalue weighted by atomic mass is 16.5. The molecule has 3 N–H and O–H groups in total. The third-order valence-corrected chi connectivity index (χ3v) is 5.25. The SMILES string of the molecule is CCOC(=O)C1CCCN(c2cc([N+]3=C(N)N=C3Nc3ccccc3)nc(C=NC)n2)C1. The number of carbonyl (C=O) groups excluding carboxylic acids is 1. The van der Waals surface area contributed by atoms with E-state index in [-0.39, 0.29) is 11.9 Å². The summed E-state index contributed by atoms with van der Waals surface area (Å²) in [6, 6.07) is 11.6. The summed E-state index contributed by atoms with van der Waals surface area (Å²) in [6.45, 7) is 3.53. The minimum atomic E-state index is -0.178. The van der Waals surface area contributed by atoms with Gasteiger partial charge in [-0.05, 0) is 31.9 Å². The van der Waals surface area contributed by atoms with Crippen LogP contribution in [-0.2, 0) is 9.53 Å². The zero-order chi connectivity index (χ0) is 22.5. The maximum absolute atomic E-state index is 12.3. The molecular formula is C22H27N8O2+. The Balaban J connectivity index is 1.61. The second-order valence-electron chi connectivity index (χ2n) is 7.49. The van der Waals surface area contributed by atoms with Gasteiger partial charge in [-0.2, -0.15) is 4.58 Å². The molecule has 1 fully saturated rings. The van der Waals surface area contributed by atoms with E-state index < -0.39 is 0 Å². The van der Waals surface area contributed by atoms with Crippen LogP contribution in [0, 0.1) is 5.92 Å². The summed E-state index contributed by atoms with van der Waals surface area (Å²) >= 11 is 0. The van der Waals surface area contributed by atoms with Crippen molar-refractivity contribution in [2.24, 2.45) is 21.6 Å². The fraction of sp³-hybridized carbons (Fsp3) is 0.364. The number of carbonyl (C=O) groups is 1. The standard InChI is InChI=1S/C22H26N8O2/c1-3-32-20(31)15-8-7-11-29(14-15)18-12-19(27-17(26-18)13-24-2)30-21(23)28-22(30)25-16-9-5-4-6-10-16/h4-6,9-10,12-13,15H,3,7-8,11,14H2,1-2H3,(H2,23,25,28)/p+1. The zero-order valence-electron chi connectivity index (χ0n) is 18.2. The molecule has 4 rings (SSSR count). The maximum atomic E-state index is 12.3. The van der Waals surface area contributed by atoms with Crippen molar-refractivity contribution in [3.63, 3.8) is 0 Å². The molecule has 10 nitrogen and oxygen atoms in total. The van der Waals surface area contributed by atoms with Gasteiger partial charge in [-0.3, -0.25) is 15.1 Å². The van der Waals surface area contributed by atoms with Crippen LogP contribution in [0.25, 0.3) is 0 Å². The van der Waals surface area contributed by atoms with Crippen molar-refractivity contribution in [3.8, 4) is 0 Å². The molecule has 2 aliphatic rings. The number of ether oxygens (including phenoxy) is 1. The Morgan fingerprint density at radius 3 is 2.91 bits per heavy atom. The van der Waals surface area contributed by atoms with Crippen molar-refractivity contribution in [1.29, 1.82) is 0 Å². The molecule has 0 bridgehead atoms. The molecule has 1 aromatic carbocycles. The van der Waals surface area contributed by atoms with Crippen molar-refractivity contribution in [3.05, 3.63) is 42.2 Å². The van der Waals surface area contributed by atoms with Gasteiger partial charge in [-0.25, -0.2) is 4.98 Å². The van der Waals surface area contributed by atoms with Gasteiger partial charge >= 0.3 is 17.9 Å². The number of piperidine rings is 1. The second-order valence-corrected chi connectivity index (χ2v) is 7.49. The Bertz CT molecular complexity index is 1080. The number of aromatic nitrogens is 2. The molecule has 2 aliphatic heterocycles. The highest BCUT2D eigenvalue weighted by molar-refractivity contribution is 6.05. The van der Waals surface area contributed by atoms with E-state index in [1.165, 1.54) is 0 Å². The first-order chi connectivity index (χ1) is 15.6. The third kappa shape index (κ3) is 4.58. The molecule has 0 spiro atoms. The third-order valence-electron chi connectivity index (χ3n) is 5.25. The van der Waals surface area contributed by atoms with Gasteiger partial charge in [0.05, 0.1) is 24.4 Å². The maximum Gasteiger partial charge on any atom is 0.317 e. The molecule has 1 atom stereocenters. The number of guanidine groups is 2. The number of hydrogen-bond donors (Lipinski definition) is 2. The Hall–Kier alpha value is -3.82. The lowest BCUT2D eigenvalue weighted by molar-refractivity contribution is -0.328. The number of benzene rings is 1. The van der Waals surface area contributed by atoms with Gasteiger partial charge in [0.15, 0.2) is 0 Å². The van der Waals surface area contributed by atoms with Gasteiger partial charge in [-0.15, -0.1) is 4.98 Å². The molecule has 1 unspecified atom stereocenters. The summed E-state index contributed by atoms with van der Waals surface area (Å²) in [4.78, 5) is 32.0. The summed E-state index contributed by atoms with van der Waals surface area (Å²) in [5, 5.41) is 3.25. The molecule has 1 saturated heterocycles. The molecule has 0 saturated carbocycles. The normalized spacial score (nSPS) is 18.4. The molecule has 0 amide bonds. The van der Waals surface area contributed by atoms with E-state index in [0.717, 1.165) is 25.1 Å². The predicted molar refractivity (Wildman–Crippen MR) is 124 cm³/mol. The topological polar surface area (TPSA) is 121 Å². The number of nitrogens with zero attached hydrogens (tertiary/aromatic N) is 6. The van der Waals surface area contributed by atoms with E-state index >= 15 is 0 Å². The first-order valence-electron chi connectivity index (χ1n) is 10.6. The van der Waals surface area contributed by atoms with E-state index in [1.807, 2.05) is 43.3 Å². The monoisotopic (exact) mass is 435 g/mol. The quantitative estimate of drug-likeness (QED) is 0.403. The number of esters is 1. The van der Waals surface area contributed by atoms with Crippen LogP contribution in [0.2, 0.25) is 0 Å². The molecule has 0 aliphatic carbocycles. The smallest absolute Gasteiger partial charge is 0.317 e. The molecule has 0 radical (unpaired) electrons. The zero-order valence-corrected chi connectivity index (χ0v) is 18.2. The minimum absolute atomic E-state index is 0.163. The van der Waals surface area contributed by atoms with Crippen molar-refractivity contribution in [2.75, 3.05) is 37.0 Å². The summed E-state index contributed by atoms with van der Waals surface area (Å²) in [7, 11) is 1.67. The van der Waals surface area contributed by atoms with Crippen LogP contribution in [0.4, 0.5) is 17.3 Å². The van der Waals surface area contributed by atoms with Crippen molar-refractivity contribution in [1.82, 2.24) is 9.97 Å². The van der Waals surface area contributed by atoms with E-state index in [2.05, 4.69) is 30.2 Å². The number of para-hydroxylation sites is 1. The summed E-state index contributed by atoms with van der Waals surface area (Å²) < 4.78 is 6.96. The van der Waals surface area contributed by atoms with Gasteiger partial charge in [0.25, 0.3) is 0 Å². The lowest BCUT2D eigenvalue weighted by Gasteiger charge is -2.32. The molecular weight excluding hydrogens is 408 g/mol. The summed E-state index contributed by atoms with van der Waals surface area (Å²) in [5.41, 5.74) is 6.98. The Morgan fingerprint density at radius 1 is 1.38 bits per heavy atom. The van der Waals surface area contributed by atoms with E-state index in [9.17, 15) is 4.79 Å². The first kappa shape index (κ1) is 21.4. The van der Waals surface area contributed by atoms with Gasteiger partial charge in [0.1, 0.15) is 5.82 Å². The van der Waals surface area contributed by atoms with Crippen LogP contribution in [0.3, 0.4) is 0 Å². The highest BCUT2D eigenvalue weighted by Crippen LogP contribution is 2.26. The van der Waals surface area contributed by atoms with Gasteiger partial charge in [0.2, 0.25) is 11.6 Å². The van der Waals surface area contributed by atoms with Crippen LogP contribution >= 0.6 is 0 Å². The predicted octanol–water partition coefficient (Wildman–Crippen LogP) is 1.75. The fourth-order valence-corrected chi connectivity index (χ4v) is 3.76. The van der Waals surface area contributed by atoms with Crippen LogP contribution in [0.5, 0.6) is 0 Å². The van der Waals surface area contributed by atoms with E-state index in [0.29, 0.717) is 42.5 Å². The molecule has 10 heteroatoms. The van der Waals surface area contributed by atoms with Gasteiger partial charge in [0, 0.05) is 26.2 Å². The lowest BCUT2D eigenvalue weighted by Crippen LogP contribution is -2.43. The Morgan fingerprint density at radius 2 is 2.19 bits per heavy atom. The molecule has 166 valence electrons. The number of hydrogen-bond acceptors (Lipinski definition) is 9. The number of anilines is 2. The Kier molecular flexibility index (Phi) is 6.39. The van der Waals surface area contributed by atoms with Crippen LogP contribution in [0.1, 0.15) is 25.6 Å². The molecule has 32 heavy (non-hydrogen) atoms. The fourth-order valence-electron chi connectivity index (χ4n) is 3.76. The number of rotatable bonds is 6.